The topological polar surface area (TPSA) is 107 Å². The molecular formula is C16H14F2N4O4S2. The standard InChI is InChI=1S/C16H14F2N4O4S2/c1-22-14(11-6-4-8-26-11)20-21-16(22)27-9-13(23)19-10-5-2-3-7-12(10)28(24,25)15(17)18/h2-8,15H,9H2,1H3,(H,19,23). The lowest BCUT2D eigenvalue weighted by atomic mass is 10.3. The van der Waals surface area contributed by atoms with Gasteiger partial charge in [-0.1, -0.05) is 23.9 Å². The van der Waals surface area contributed by atoms with Gasteiger partial charge in [-0.2, -0.15) is 8.78 Å². The van der Waals surface area contributed by atoms with Crippen LogP contribution in [0.4, 0.5) is 14.5 Å². The number of amides is 1. The molecule has 0 bridgehead atoms. The second kappa shape index (κ2) is 8.10. The van der Waals surface area contributed by atoms with Gasteiger partial charge in [-0.05, 0) is 24.3 Å². The van der Waals surface area contributed by atoms with E-state index in [2.05, 4.69) is 15.5 Å². The highest BCUT2D eigenvalue weighted by atomic mass is 32.2. The van der Waals surface area contributed by atoms with E-state index in [4.69, 9.17) is 4.42 Å². The first-order valence-electron chi connectivity index (χ1n) is 7.77. The number of furan rings is 1. The summed E-state index contributed by atoms with van der Waals surface area (Å²) in [4.78, 5) is 11.6. The number of alkyl halides is 2. The quantitative estimate of drug-likeness (QED) is 0.577. The van der Waals surface area contributed by atoms with Crippen molar-refractivity contribution in [2.75, 3.05) is 11.1 Å². The second-order valence-corrected chi connectivity index (χ2v) is 8.31. The molecule has 0 aliphatic rings. The highest BCUT2D eigenvalue weighted by molar-refractivity contribution is 7.99. The number of thioether (sulfide) groups is 1. The number of anilines is 1. The van der Waals surface area contributed by atoms with E-state index in [0.717, 1.165) is 17.8 Å². The molecule has 0 fully saturated rings. The summed E-state index contributed by atoms with van der Waals surface area (Å²) in [5.41, 5.74) is -0.206. The van der Waals surface area contributed by atoms with Crippen LogP contribution in [-0.4, -0.2) is 40.6 Å². The van der Waals surface area contributed by atoms with Crippen molar-refractivity contribution in [3.05, 3.63) is 42.7 Å². The normalized spacial score (nSPS) is 11.7. The Morgan fingerprint density at radius 3 is 2.68 bits per heavy atom. The number of para-hydroxylation sites is 1. The highest BCUT2D eigenvalue weighted by Gasteiger charge is 2.29. The van der Waals surface area contributed by atoms with Gasteiger partial charge in [0.1, 0.15) is 0 Å². The minimum atomic E-state index is -4.84. The Hall–Kier alpha value is -2.73. The largest absolute Gasteiger partial charge is 0.461 e. The summed E-state index contributed by atoms with van der Waals surface area (Å²) in [5, 5.41) is 10.7. The Balaban J connectivity index is 1.70. The number of carbonyl (C=O) groups is 1. The Kier molecular flexibility index (Phi) is 5.79. The zero-order valence-corrected chi connectivity index (χ0v) is 16.0. The lowest BCUT2D eigenvalue weighted by Gasteiger charge is -2.11. The molecule has 1 aromatic carbocycles. The second-order valence-electron chi connectivity index (χ2n) is 5.48. The molecule has 1 amide bonds. The molecule has 1 N–H and O–H groups in total. The monoisotopic (exact) mass is 428 g/mol. The maximum Gasteiger partial charge on any atom is 0.341 e. The van der Waals surface area contributed by atoms with Crippen LogP contribution in [0.2, 0.25) is 0 Å². The fourth-order valence-corrected chi connectivity index (χ4v) is 3.89. The number of sulfone groups is 1. The van der Waals surface area contributed by atoms with Crippen LogP contribution < -0.4 is 5.32 Å². The predicted octanol–water partition coefficient (Wildman–Crippen LogP) is 2.80. The molecule has 8 nitrogen and oxygen atoms in total. The Morgan fingerprint density at radius 1 is 1.25 bits per heavy atom. The minimum Gasteiger partial charge on any atom is -0.461 e. The van der Waals surface area contributed by atoms with Crippen LogP contribution in [0.1, 0.15) is 0 Å². The van der Waals surface area contributed by atoms with Crippen molar-refractivity contribution in [3.63, 3.8) is 0 Å². The Morgan fingerprint density at radius 2 is 2.00 bits per heavy atom. The zero-order chi connectivity index (χ0) is 20.3. The molecular weight excluding hydrogens is 414 g/mol. The minimum absolute atomic E-state index is 0.132. The van der Waals surface area contributed by atoms with Gasteiger partial charge in [0.05, 0.1) is 22.6 Å². The molecule has 0 aliphatic carbocycles. The zero-order valence-electron chi connectivity index (χ0n) is 14.4. The van der Waals surface area contributed by atoms with Crippen LogP contribution in [0.5, 0.6) is 0 Å². The van der Waals surface area contributed by atoms with Gasteiger partial charge in [0.25, 0.3) is 0 Å². The number of aromatic nitrogens is 3. The van der Waals surface area contributed by atoms with Gasteiger partial charge < -0.3 is 14.3 Å². The average molecular weight is 428 g/mol. The molecule has 148 valence electrons. The van der Waals surface area contributed by atoms with Crippen molar-refractivity contribution >= 4 is 33.2 Å². The number of rotatable bonds is 7. The van der Waals surface area contributed by atoms with Gasteiger partial charge in [0.15, 0.2) is 16.7 Å². The third-order valence-corrected chi connectivity index (χ3v) is 6.07. The number of nitrogens with zero attached hydrogens (tertiary/aromatic N) is 3. The van der Waals surface area contributed by atoms with Crippen molar-refractivity contribution in [1.29, 1.82) is 0 Å². The maximum absolute atomic E-state index is 12.8. The van der Waals surface area contributed by atoms with E-state index in [1.807, 2.05) is 0 Å². The molecule has 3 rings (SSSR count). The molecule has 28 heavy (non-hydrogen) atoms. The molecule has 0 radical (unpaired) electrons. The van der Waals surface area contributed by atoms with Gasteiger partial charge in [-0.3, -0.25) is 4.79 Å². The number of halogens is 2. The first-order chi connectivity index (χ1) is 13.3. The summed E-state index contributed by atoms with van der Waals surface area (Å²) in [6.45, 7) is 0. The summed E-state index contributed by atoms with van der Waals surface area (Å²) in [6.07, 6.45) is 1.50. The fraction of sp³-hybridized carbons (Fsp3) is 0.188. The fourth-order valence-electron chi connectivity index (χ4n) is 2.29. The molecule has 0 saturated heterocycles. The van der Waals surface area contributed by atoms with Crippen LogP contribution in [-0.2, 0) is 21.7 Å². The van der Waals surface area contributed by atoms with Crippen molar-refractivity contribution in [2.45, 2.75) is 15.8 Å². The van der Waals surface area contributed by atoms with Crippen LogP contribution in [0, 0.1) is 0 Å². The molecule has 0 atom stereocenters. The summed E-state index contributed by atoms with van der Waals surface area (Å²) in [5.74, 6) is -3.31. The van der Waals surface area contributed by atoms with Crippen LogP contribution in [0.25, 0.3) is 11.6 Å². The molecule has 2 aromatic heterocycles. The molecule has 0 spiro atoms. The smallest absolute Gasteiger partial charge is 0.341 e. The lowest BCUT2D eigenvalue weighted by Crippen LogP contribution is -2.19. The predicted molar refractivity (Wildman–Crippen MR) is 97.7 cm³/mol. The van der Waals surface area contributed by atoms with Crippen LogP contribution in [0.15, 0.2) is 57.1 Å². The third kappa shape index (κ3) is 4.07. The van der Waals surface area contributed by atoms with Gasteiger partial charge in [0.2, 0.25) is 15.7 Å². The molecule has 3 aromatic rings. The van der Waals surface area contributed by atoms with E-state index in [1.54, 1.807) is 23.7 Å². The summed E-state index contributed by atoms with van der Waals surface area (Å²) < 4.78 is 56.0. The molecule has 2 heterocycles. The van der Waals surface area contributed by atoms with Gasteiger partial charge in [0, 0.05) is 7.05 Å². The number of nitrogens with one attached hydrogen (secondary N) is 1. The number of benzene rings is 1. The van der Waals surface area contributed by atoms with Crippen molar-refractivity contribution in [3.8, 4) is 11.6 Å². The molecule has 0 aliphatic heterocycles. The SMILES string of the molecule is Cn1c(SCC(=O)Nc2ccccc2S(=O)(=O)C(F)F)nnc1-c1ccco1. The van der Waals surface area contributed by atoms with Crippen LogP contribution >= 0.6 is 11.8 Å². The van der Waals surface area contributed by atoms with Crippen molar-refractivity contribution in [2.24, 2.45) is 7.05 Å². The Labute approximate surface area is 162 Å². The van der Waals surface area contributed by atoms with E-state index >= 15 is 0 Å². The summed E-state index contributed by atoms with van der Waals surface area (Å²) in [7, 11) is -3.14. The number of hydrogen-bond acceptors (Lipinski definition) is 7. The van der Waals surface area contributed by atoms with E-state index in [9.17, 15) is 22.0 Å². The van der Waals surface area contributed by atoms with E-state index in [-0.39, 0.29) is 11.4 Å². The first kappa shape index (κ1) is 20.0. The third-order valence-electron chi connectivity index (χ3n) is 3.61. The summed E-state index contributed by atoms with van der Waals surface area (Å²) >= 11 is 1.05. The molecule has 0 unspecified atom stereocenters. The van der Waals surface area contributed by atoms with Crippen LogP contribution in [0.3, 0.4) is 0 Å². The van der Waals surface area contributed by atoms with Crippen molar-refractivity contribution in [1.82, 2.24) is 14.8 Å². The number of carbonyl (C=O) groups excluding carboxylic acids is 1. The van der Waals surface area contributed by atoms with E-state index < -0.39 is 26.4 Å². The van der Waals surface area contributed by atoms with Gasteiger partial charge in [-0.15, -0.1) is 10.2 Å². The van der Waals surface area contributed by atoms with Gasteiger partial charge in [-0.25, -0.2) is 8.42 Å². The first-order valence-corrected chi connectivity index (χ1v) is 10.3. The van der Waals surface area contributed by atoms with E-state index in [1.165, 1.54) is 24.5 Å². The number of hydrogen-bond donors (Lipinski definition) is 1. The maximum atomic E-state index is 12.8. The highest BCUT2D eigenvalue weighted by Crippen LogP contribution is 2.27. The lowest BCUT2D eigenvalue weighted by molar-refractivity contribution is -0.113. The van der Waals surface area contributed by atoms with E-state index in [0.29, 0.717) is 16.7 Å². The Bertz CT molecular complexity index is 1080. The van der Waals surface area contributed by atoms with Gasteiger partial charge >= 0.3 is 5.76 Å². The molecule has 0 saturated carbocycles. The summed E-state index contributed by atoms with van der Waals surface area (Å²) in [6, 6.07) is 8.42. The van der Waals surface area contributed by atoms with Crippen molar-refractivity contribution < 1.29 is 26.4 Å². The molecule has 12 heteroatoms. The average Bonchev–Trinajstić information content (AvgIpc) is 3.30.